The second-order valence-electron chi connectivity index (χ2n) is 7.10. The van der Waals surface area contributed by atoms with Gasteiger partial charge in [0, 0.05) is 24.4 Å². The van der Waals surface area contributed by atoms with Crippen molar-refractivity contribution < 1.29 is 14.3 Å². The molecule has 0 radical (unpaired) electrons. The number of nitrogens with one attached hydrogen (secondary N) is 1. The SMILES string of the molecule is Cc1nc(NC(=O)CN(C[C@@H]2CCCO2)C(=O)CCc2ccccc2)sc1C. The lowest BCUT2D eigenvalue weighted by atomic mass is 10.1. The first kappa shape index (κ1) is 20.5. The standard InChI is InChI=1S/C21H27N3O3S/c1-15-16(2)28-21(22-15)23-19(25)14-24(13-18-9-6-12-27-18)20(26)11-10-17-7-4-3-5-8-17/h3-5,7-8,18H,6,9-14H2,1-2H3,(H,22,23,25)/t18-/m0/s1. The minimum Gasteiger partial charge on any atom is -0.376 e. The molecule has 1 aromatic heterocycles. The molecule has 0 unspecified atom stereocenters. The lowest BCUT2D eigenvalue weighted by molar-refractivity contribution is -0.136. The van der Waals surface area contributed by atoms with Gasteiger partial charge in [-0.3, -0.25) is 9.59 Å². The maximum absolute atomic E-state index is 12.8. The van der Waals surface area contributed by atoms with E-state index in [2.05, 4.69) is 10.3 Å². The van der Waals surface area contributed by atoms with Gasteiger partial charge in [-0.2, -0.15) is 0 Å². The molecule has 1 N–H and O–H groups in total. The fourth-order valence-electron chi connectivity index (χ4n) is 3.20. The number of aromatic nitrogens is 1. The fraction of sp³-hybridized carbons (Fsp3) is 0.476. The van der Waals surface area contributed by atoms with Crippen LogP contribution in [0.5, 0.6) is 0 Å². The summed E-state index contributed by atoms with van der Waals surface area (Å²) >= 11 is 1.45. The molecule has 1 aromatic carbocycles. The topological polar surface area (TPSA) is 71.5 Å². The number of nitrogens with zero attached hydrogens (tertiary/aromatic N) is 2. The summed E-state index contributed by atoms with van der Waals surface area (Å²) < 4.78 is 5.68. The Balaban J connectivity index is 1.59. The molecular weight excluding hydrogens is 374 g/mol. The van der Waals surface area contributed by atoms with Crippen LogP contribution in [0.3, 0.4) is 0 Å². The average Bonchev–Trinajstić information content (AvgIpc) is 3.29. The third kappa shape index (κ3) is 5.87. The number of amides is 2. The van der Waals surface area contributed by atoms with Gasteiger partial charge < -0.3 is 15.0 Å². The maximum Gasteiger partial charge on any atom is 0.245 e. The van der Waals surface area contributed by atoms with Crippen molar-refractivity contribution in [2.45, 2.75) is 45.6 Å². The van der Waals surface area contributed by atoms with Crippen LogP contribution in [0.4, 0.5) is 5.13 Å². The Morgan fingerprint density at radius 3 is 2.71 bits per heavy atom. The van der Waals surface area contributed by atoms with E-state index in [1.165, 1.54) is 11.3 Å². The predicted octanol–water partition coefficient (Wildman–Crippen LogP) is 3.34. The molecule has 7 heteroatoms. The highest BCUT2D eigenvalue weighted by molar-refractivity contribution is 7.15. The monoisotopic (exact) mass is 401 g/mol. The van der Waals surface area contributed by atoms with E-state index in [0.29, 0.717) is 24.5 Å². The molecule has 1 aliphatic heterocycles. The largest absolute Gasteiger partial charge is 0.376 e. The molecule has 1 fully saturated rings. The summed E-state index contributed by atoms with van der Waals surface area (Å²) in [5, 5.41) is 3.40. The van der Waals surface area contributed by atoms with E-state index in [1.54, 1.807) is 4.90 Å². The Hall–Kier alpha value is -2.25. The van der Waals surface area contributed by atoms with E-state index in [4.69, 9.17) is 4.74 Å². The van der Waals surface area contributed by atoms with Gasteiger partial charge in [0.25, 0.3) is 0 Å². The predicted molar refractivity (Wildman–Crippen MR) is 111 cm³/mol. The Kier molecular flexibility index (Phi) is 7.17. The summed E-state index contributed by atoms with van der Waals surface area (Å²) in [7, 11) is 0. The molecule has 1 saturated heterocycles. The number of thiazole rings is 1. The van der Waals surface area contributed by atoms with Crippen LogP contribution in [0.2, 0.25) is 0 Å². The first-order valence-corrected chi connectivity index (χ1v) is 10.5. The molecule has 28 heavy (non-hydrogen) atoms. The molecule has 2 heterocycles. The van der Waals surface area contributed by atoms with Crippen LogP contribution < -0.4 is 5.32 Å². The van der Waals surface area contributed by atoms with Crippen LogP contribution in [0, 0.1) is 13.8 Å². The van der Waals surface area contributed by atoms with E-state index in [-0.39, 0.29) is 24.5 Å². The van der Waals surface area contributed by atoms with Crippen molar-refractivity contribution in [3.8, 4) is 0 Å². The Morgan fingerprint density at radius 2 is 2.07 bits per heavy atom. The van der Waals surface area contributed by atoms with Gasteiger partial charge in [0.2, 0.25) is 11.8 Å². The van der Waals surface area contributed by atoms with Gasteiger partial charge in [-0.05, 0) is 38.7 Å². The Labute approximate surface area is 169 Å². The highest BCUT2D eigenvalue weighted by atomic mass is 32.1. The number of benzene rings is 1. The number of ether oxygens (including phenoxy) is 1. The number of aryl methyl sites for hydroxylation is 3. The summed E-state index contributed by atoms with van der Waals surface area (Å²) in [6.07, 6.45) is 2.97. The lowest BCUT2D eigenvalue weighted by Crippen LogP contribution is -2.42. The molecule has 0 saturated carbocycles. The van der Waals surface area contributed by atoms with E-state index >= 15 is 0 Å². The van der Waals surface area contributed by atoms with Crippen molar-refractivity contribution >= 4 is 28.3 Å². The van der Waals surface area contributed by atoms with Crippen molar-refractivity contribution in [1.29, 1.82) is 0 Å². The molecule has 2 amide bonds. The molecule has 3 rings (SSSR count). The summed E-state index contributed by atoms with van der Waals surface area (Å²) in [5.41, 5.74) is 2.03. The molecule has 0 aliphatic carbocycles. The molecule has 2 aromatic rings. The van der Waals surface area contributed by atoms with E-state index in [0.717, 1.165) is 35.6 Å². The van der Waals surface area contributed by atoms with Crippen LogP contribution in [0.15, 0.2) is 30.3 Å². The third-order valence-electron chi connectivity index (χ3n) is 4.88. The third-order valence-corrected chi connectivity index (χ3v) is 5.87. The maximum atomic E-state index is 12.8. The first-order chi connectivity index (χ1) is 13.5. The first-order valence-electron chi connectivity index (χ1n) is 9.68. The van der Waals surface area contributed by atoms with Crippen molar-refractivity contribution in [2.75, 3.05) is 25.0 Å². The van der Waals surface area contributed by atoms with E-state index in [9.17, 15) is 9.59 Å². The van der Waals surface area contributed by atoms with E-state index in [1.807, 2.05) is 44.2 Å². The van der Waals surface area contributed by atoms with Gasteiger partial charge in [0.1, 0.15) is 6.54 Å². The van der Waals surface area contributed by atoms with Crippen LogP contribution in [-0.4, -0.2) is 47.5 Å². The summed E-state index contributed by atoms with van der Waals surface area (Å²) in [5.74, 6) is -0.249. The van der Waals surface area contributed by atoms with Crippen LogP contribution in [0.25, 0.3) is 0 Å². The number of anilines is 1. The van der Waals surface area contributed by atoms with Gasteiger partial charge in [-0.1, -0.05) is 30.3 Å². The molecule has 0 bridgehead atoms. The molecule has 1 atom stereocenters. The highest BCUT2D eigenvalue weighted by Gasteiger charge is 2.24. The fourth-order valence-corrected chi connectivity index (χ4v) is 4.03. The zero-order chi connectivity index (χ0) is 19.9. The second-order valence-corrected chi connectivity index (χ2v) is 8.31. The number of hydrogen-bond donors (Lipinski definition) is 1. The Bertz CT molecular complexity index is 781. The lowest BCUT2D eigenvalue weighted by Gasteiger charge is -2.25. The smallest absolute Gasteiger partial charge is 0.245 e. The molecule has 150 valence electrons. The number of rotatable bonds is 8. The molecular formula is C21H27N3O3S. The van der Waals surface area contributed by atoms with Gasteiger partial charge in [-0.25, -0.2) is 4.98 Å². The van der Waals surface area contributed by atoms with Crippen molar-refractivity contribution in [1.82, 2.24) is 9.88 Å². The van der Waals surface area contributed by atoms with Crippen molar-refractivity contribution in [2.24, 2.45) is 0 Å². The highest BCUT2D eigenvalue weighted by Crippen LogP contribution is 2.21. The number of carbonyl (C=O) groups is 2. The zero-order valence-electron chi connectivity index (χ0n) is 16.4. The van der Waals surface area contributed by atoms with Crippen molar-refractivity contribution in [3.05, 3.63) is 46.5 Å². The summed E-state index contributed by atoms with van der Waals surface area (Å²) in [4.78, 5) is 32.4. The van der Waals surface area contributed by atoms with Gasteiger partial charge in [0.05, 0.1) is 11.8 Å². The number of carbonyl (C=O) groups excluding carboxylic acids is 2. The minimum absolute atomic E-state index is 0.0119. The summed E-state index contributed by atoms with van der Waals surface area (Å²) in [6, 6.07) is 9.92. The second kappa shape index (κ2) is 9.80. The van der Waals surface area contributed by atoms with E-state index < -0.39 is 0 Å². The van der Waals surface area contributed by atoms with Gasteiger partial charge >= 0.3 is 0 Å². The normalized spacial score (nSPS) is 16.1. The molecule has 0 spiro atoms. The Morgan fingerprint density at radius 1 is 1.29 bits per heavy atom. The quantitative estimate of drug-likeness (QED) is 0.736. The van der Waals surface area contributed by atoms with Gasteiger partial charge in [0.15, 0.2) is 5.13 Å². The number of hydrogen-bond acceptors (Lipinski definition) is 5. The average molecular weight is 402 g/mol. The van der Waals surface area contributed by atoms with Crippen LogP contribution in [0.1, 0.15) is 35.4 Å². The van der Waals surface area contributed by atoms with Crippen LogP contribution >= 0.6 is 11.3 Å². The molecule has 6 nitrogen and oxygen atoms in total. The zero-order valence-corrected chi connectivity index (χ0v) is 17.3. The summed E-state index contributed by atoms with van der Waals surface area (Å²) in [6.45, 7) is 5.08. The van der Waals surface area contributed by atoms with Crippen molar-refractivity contribution in [3.63, 3.8) is 0 Å². The molecule has 1 aliphatic rings. The minimum atomic E-state index is -0.222. The van der Waals surface area contributed by atoms with Crippen LogP contribution in [-0.2, 0) is 20.7 Å². The van der Waals surface area contributed by atoms with Gasteiger partial charge in [-0.15, -0.1) is 11.3 Å².